The molecular formula is C25H28O. The third-order valence-electron chi connectivity index (χ3n) is 8.22. The number of fused-ring (bicyclic) bond motifs is 3. The molecule has 0 amide bonds. The summed E-state index contributed by atoms with van der Waals surface area (Å²) in [6.07, 6.45) is 13.4. The Labute approximate surface area is 156 Å². The zero-order valence-corrected chi connectivity index (χ0v) is 15.9. The maximum atomic E-state index is 7.01. The van der Waals surface area contributed by atoms with Crippen molar-refractivity contribution in [3.63, 3.8) is 0 Å². The van der Waals surface area contributed by atoms with E-state index < -0.39 is 0 Å². The van der Waals surface area contributed by atoms with Crippen LogP contribution in [0.3, 0.4) is 0 Å². The number of benzene rings is 2. The number of hydrogen-bond donors (Lipinski definition) is 0. The summed E-state index contributed by atoms with van der Waals surface area (Å²) in [5, 5.41) is 2.57. The first-order valence-corrected chi connectivity index (χ1v) is 10.5. The minimum atomic E-state index is -0.160. The van der Waals surface area contributed by atoms with Gasteiger partial charge in [-0.1, -0.05) is 36.4 Å². The van der Waals surface area contributed by atoms with Crippen molar-refractivity contribution in [1.82, 2.24) is 0 Å². The summed E-state index contributed by atoms with van der Waals surface area (Å²) in [6, 6.07) is 11.0. The quantitative estimate of drug-likeness (QED) is 0.571. The maximum Gasteiger partial charge on any atom is 0.135 e. The van der Waals surface area contributed by atoms with Gasteiger partial charge in [-0.05, 0) is 87.2 Å². The van der Waals surface area contributed by atoms with Gasteiger partial charge in [-0.2, -0.15) is 0 Å². The molecule has 0 aromatic heterocycles. The molecule has 0 radical (unpaired) electrons. The highest BCUT2D eigenvalue weighted by Crippen LogP contribution is 2.65. The third-order valence-corrected chi connectivity index (χ3v) is 8.22. The van der Waals surface area contributed by atoms with Crippen LogP contribution in [0, 0.1) is 30.1 Å². The molecule has 1 heteroatoms. The maximum absolute atomic E-state index is 7.01. The highest BCUT2D eigenvalue weighted by molar-refractivity contribution is 5.93. The molecule has 4 fully saturated rings. The lowest BCUT2D eigenvalue weighted by atomic mass is 9.45. The fraction of sp³-hybridized carbons (Fsp3) is 0.520. The van der Waals surface area contributed by atoms with Gasteiger partial charge in [0.1, 0.15) is 11.4 Å². The van der Waals surface area contributed by atoms with Gasteiger partial charge in [-0.3, -0.25) is 0 Å². The van der Waals surface area contributed by atoms with Crippen LogP contribution in [-0.4, -0.2) is 5.60 Å². The summed E-state index contributed by atoms with van der Waals surface area (Å²) in [5.41, 5.74) is 2.79. The Morgan fingerprint density at radius 3 is 2.31 bits per heavy atom. The van der Waals surface area contributed by atoms with E-state index in [1.54, 1.807) is 0 Å². The Bertz CT molecular complexity index is 901. The molecule has 4 saturated carbocycles. The van der Waals surface area contributed by atoms with Gasteiger partial charge in [0.25, 0.3) is 0 Å². The summed E-state index contributed by atoms with van der Waals surface area (Å²) >= 11 is 0. The standard InChI is InChI=1S/C25H28O/c1-16-9-20-5-3-4-6-22(20)23-21(16)7-8-24(2,26-23)25-13-17-10-18(14-25)12-19(11-17)15-25/h3-9,17-19H,10-15H2,1-2H3. The van der Waals surface area contributed by atoms with Crippen molar-refractivity contribution >= 4 is 16.8 Å². The minimum absolute atomic E-state index is 0.160. The van der Waals surface area contributed by atoms with Crippen molar-refractivity contribution in [2.45, 2.75) is 58.0 Å². The van der Waals surface area contributed by atoms with Crippen LogP contribution >= 0.6 is 0 Å². The largest absolute Gasteiger partial charge is 0.482 e. The van der Waals surface area contributed by atoms with E-state index in [0.29, 0.717) is 5.41 Å². The van der Waals surface area contributed by atoms with E-state index in [4.69, 9.17) is 4.74 Å². The van der Waals surface area contributed by atoms with Crippen LogP contribution in [-0.2, 0) is 0 Å². The molecular weight excluding hydrogens is 316 g/mol. The molecule has 4 bridgehead atoms. The first-order valence-electron chi connectivity index (χ1n) is 10.5. The monoisotopic (exact) mass is 344 g/mol. The molecule has 1 aliphatic heterocycles. The summed E-state index contributed by atoms with van der Waals surface area (Å²) < 4.78 is 7.01. The lowest BCUT2D eigenvalue weighted by molar-refractivity contribution is -0.137. The Balaban J connectivity index is 1.49. The molecule has 7 rings (SSSR count). The molecule has 2 aromatic rings. The lowest BCUT2D eigenvalue weighted by Gasteiger charge is -2.62. The van der Waals surface area contributed by atoms with Crippen molar-refractivity contribution in [3.8, 4) is 5.75 Å². The van der Waals surface area contributed by atoms with Crippen molar-refractivity contribution in [3.05, 3.63) is 47.5 Å². The van der Waals surface area contributed by atoms with Crippen molar-refractivity contribution in [1.29, 1.82) is 0 Å². The van der Waals surface area contributed by atoms with Gasteiger partial charge in [0.05, 0.1) is 0 Å². The Morgan fingerprint density at radius 2 is 1.62 bits per heavy atom. The summed E-state index contributed by atoms with van der Waals surface area (Å²) in [7, 11) is 0. The van der Waals surface area contributed by atoms with Crippen LogP contribution in [0.25, 0.3) is 16.8 Å². The molecule has 0 N–H and O–H groups in total. The first kappa shape index (κ1) is 15.3. The molecule has 5 aliphatic rings. The molecule has 1 heterocycles. The third kappa shape index (κ3) is 1.92. The van der Waals surface area contributed by atoms with Gasteiger partial charge in [-0.25, -0.2) is 0 Å². The molecule has 26 heavy (non-hydrogen) atoms. The van der Waals surface area contributed by atoms with Crippen LogP contribution < -0.4 is 4.74 Å². The summed E-state index contributed by atoms with van der Waals surface area (Å²) in [6.45, 7) is 4.60. The fourth-order valence-corrected chi connectivity index (χ4v) is 7.27. The fourth-order valence-electron chi connectivity index (χ4n) is 7.27. The average Bonchev–Trinajstić information content (AvgIpc) is 2.60. The van der Waals surface area contributed by atoms with E-state index in [-0.39, 0.29) is 5.60 Å². The average molecular weight is 344 g/mol. The summed E-state index contributed by atoms with van der Waals surface area (Å²) in [4.78, 5) is 0. The predicted molar refractivity (Wildman–Crippen MR) is 107 cm³/mol. The molecule has 1 unspecified atom stereocenters. The second kappa shape index (κ2) is 4.94. The normalized spacial score (nSPS) is 39.8. The van der Waals surface area contributed by atoms with E-state index >= 15 is 0 Å². The topological polar surface area (TPSA) is 9.23 Å². The first-order chi connectivity index (χ1) is 12.6. The van der Waals surface area contributed by atoms with Gasteiger partial charge in [0.15, 0.2) is 0 Å². The highest BCUT2D eigenvalue weighted by atomic mass is 16.5. The van der Waals surface area contributed by atoms with Crippen molar-refractivity contribution in [2.24, 2.45) is 23.2 Å². The van der Waals surface area contributed by atoms with E-state index in [1.807, 2.05) is 0 Å². The Kier molecular flexibility index (Phi) is 2.91. The lowest BCUT2D eigenvalue weighted by Crippen LogP contribution is -2.59. The molecule has 1 nitrogen and oxygen atoms in total. The number of rotatable bonds is 1. The van der Waals surface area contributed by atoms with Gasteiger partial charge in [-0.15, -0.1) is 0 Å². The zero-order valence-electron chi connectivity index (χ0n) is 15.9. The van der Waals surface area contributed by atoms with Crippen molar-refractivity contribution < 1.29 is 4.74 Å². The van der Waals surface area contributed by atoms with E-state index in [1.165, 1.54) is 60.4 Å². The zero-order chi connectivity index (χ0) is 17.5. The van der Waals surface area contributed by atoms with Crippen LogP contribution in [0.1, 0.15) is 56.6 Å². The molecule has 1 atom stereocenters. The van der Waals surface area contributed by atoms with Gasteiger partial charge in [0, 0.05) is 16.4 Å². The van der Waals surface area contributed by atoms with E-state index in [0.717, 1.165) is 23.5 Å². The van der Waals surface area contributed by atoms with Crippen LogP contribution in [0.15, 0.2) is 36.4 Å². The van der Waals surface area contributed by atoms with Crippen LogP contribution in [0.5, 0.6) is 5.75 Å². The molecule has 2 aromatic carbocycles. The molecule has 134 valence electrons. The molecule has 4 aliphatic carbocycles. The van der Waals surface area contributed by atoms with Crippen LogP contribution in [0.4, 0.5) is 0 Å². The molecule has 0 spiro atoms. The van der Waals surface area contributed by atoms with Crippen LogP contribution in [0.2, 0.25) is 0 Å². The Morgan fingerprint density at radius 1 is 0.962 bits per heavy atom. The Hall–Kier alpha value is -1.76. The van der Waals surface area contributed by atoms with Gasteiger partial charge in [0.2, 0.25) is 0 Å². The molecule has 0 saturated heterocycles. The number of aryl methyl sites for hydroxylation is 1. The van der Waals surface area contributed by atoms with Gasteiger partial charge >= 0.3 is 0 Å². The second-order valence-corrected chi connectivity index (χ2v) is 9.90. The SMILES string of the molecule is Cc1cc2ccccc2c2c1C=CC(C)(C13CC4CC(CC(C4)C1)C3)O2. The minimum Gasteiger partial charge on any atom is -0.482 e. The smallest absolute Gasteiger partial charge is 0.135 e. The van der Waals surface area contributed by atoms with E-state index in [2.05, 4.69) is 56.3 Å². The second-order valence-electron chi connectivity index (χ2n) is 9.90. The highest BCUT2D eigenvalue weighted by Gasteiger charge is 2.59. The summed E-state index contributed by atoms with van der Waals surface area (Å²) in [5.74, 6) is 3.98. The number of hydrogen-bond acceptors (Lipinski definition) is 1. The number of ether oxygens (including phenoxy) is 1. The predicted octanol–water partition coefficient (Wildman–Crippen LogP) is 6.53. The van der Waals surface area contributed by atoms with E-state index in [9.17, 15) is 0 Å². The van der Waals surface area contributed by atoms with Gasteiger partial charge < -0.3 is 4.74 Å². The van der Waals surface area contributed by atoms with Crippen molar-refractivity contribution in [2.75, 3.05) is 0 Å².